The van der Waals surface area contributed by atoms with Gasteiger partial charge in [-0.05, 0) is 49.2 Å². The zero-order valence-corrected chi connectivity index (χ0v) is 14.4. The van der Waals surface area contributed by atoms with Gasteiger partial charge in [-0.1, -0.05) is 18.2 Å². The smallest absolute Gasteiger partial charge is 0.255 e. The van der Waals surface area contributed by atoms with Gasteiger partial charge in [0, 0.05) is 35.9 Å². The van der Waals surface area contributed by atoms with Crippen LogP contribution in [0.25, 0.3) is 10.9 Å². The zero-order chi connectivity index (χ0) is 17.8. The lowest BCUT2D eigenvalue weighted by Crippen LogP contribution is -2.27. The van der Waals surface area contributed by atoms with E-state index in [1.807, 2.05) is 54.6 Å². The zero-order valence-electron chi connectivity index (χ0n) is 14.4. The molecule has 2 N–H and O–H groups in total. The maximum absolute atomic E-state index is 12.5. The van der Waals surface area contributed by atoms with Crippen LogP contribution in [0, 0.1) is 0 Å². The minimum Gasteiger partial charge on any atom is -0.382 e. The molecule has 132 valence electrons. The molecule has 26 heavy (non-hydrogen) atoms. The number of carbonyl (C=O) groups is 1. The molecule has 0 radical (unpaired) electrons. The van der Waals surface area contributed by atoms with Crippen molar-refractivity contribution in [2.75, 3.05) is 23.8 Å². The number of carbonyl (C=O) groups excluding carboxylic acids is 1. The van der Waals surface area contributed by atoms with E-state index in [4.69, 9.17) is 4.74 Å². The lowest BCUT2D eigenvalue weighted by atomic mass is 10.1. The van der Waals surface area contributed by atoms with Crippen molar-refractivity contribution in [3.05, 3.63) is 66.4 Å². The van der Waals surface area contributed by atoms with Crippen LogP contribution in [0.1, 0.15) is 23.2 Å². The van der Waals surface area contributed by atoms with Crippen molar-refractivity contribution in [3.63, 3.8) is 0 Å². The van der Waals surface area contributed by atoms with Crippen molar-refractivity contribution >= 4 is 28.2 Å². The topological polar surface area (TPSA) is 63.2 Å². The van der Waals surface area contributed by atoms with Crippen molar-refractivity contribution in [2.24, 2.45) is 0 Å². The second-order valence-electron chi connectivity index (χ2n) is 6.48. The van der Waals surface area contributed by atoms with Crippen LogP contribution < -0.4 is 10.6 Å². The summed E-state index contributed by atoms with van der Waals surface area (Å²) in [5.74, 6) is -0.139. The summed E-state index contributed by atoms with van der Waals surface area (Å²) in [5, 5.41) is 7.41. The predicted molar refractivity (Wildman–Crippen MR) is 104 cm³/mol. The molecule has 1 aromatic heterocycles. The van der Waals surface area contributed by atoms with E-state index < -0.39 is 0 Å². The van der Waals surface area contributed by atoms with Crippen molar-refractivity contribution in [3.8, 4) is 0 Å². The number of rotatable bonds is 4. The Morgan fingerprint density at radius 1 is 1.00 bits per heavy atom. The van der Waals surface area contributed by atoms with E-state index in [1.165, 1.54) is 0 Å². The molecule has 4 rings (SSSR count). The van der Waals surface area contributed by atoms with Gasteiger partial charge in [-0.15, -0.1) is 0 Å². The molecule has 0 bridgehead atoms. The molecule has 2 aromatic carbocycles. The Morgan fingerprint density at radius 2 is 1.77 bits per heavy atom. The molecule has 5 nitrogen and oxygen atoms in total. The third kappa shape index (κ3) is 3.83. The number of ether oxygens (including phenoxy) is 1. The molecule has 0 saturated carbocycles. The lowest BCUT2D eigenvalue weighted by molar-refractivity contribution is 0.0904. The summed E-state index contributed by atoms with van der Waals surface area (Å²) >= 11 is 0. The van der Waals surface area contributed by atoms with E-state index in [2.05, 4.69) is 15.6 Å². The first-order valence-corrected chi connectivity index (χ1v) is 8.88. The van der Waals surface area contributed by atoms with Crippen LogP contribution >= 0.6 is 0 Å². The maximum Gasteiger partial charge on any atom is 0.255 e. The van der Waals surface area contributed by atoms with Gasteiger partial charge in [0.25, 0.3) is 5.91 Å². The predicted octanol–water partition coefficient (Wildman–Crippen LogP) is 4.08. The maximum atomic E-state index is 12.5. The van der Waals surface area contributed by atoms with Crippen LogP contribution in [0.15, 0.2) is 60.8 Å². The number of para-hydroxylation sites is 1. The molecular formula is C21H21N3O2. The number of benzene rings is 2. The highest BCUT2D eigenvalue weighted by atomic mass is 16.5. The van der Waals surface area contributed by atoms with E-state index in [1.54, 1.807) is 6.20 Å². The molecule has 1 amide bonds. The average molecular weight is 347 g/mol. The Morgan fingerprint density at radius 3 is 2.58 bits per heavy atom. The average Bonchev–Trinajstić information content (AvgIpc) is 2.69. The second kappa shape index (κ2) is 7.54. The number of fused-ring (bicyclic) bond motifs is 1. The summed E-state index contributed by atoms with van der Waals surface area (Å²) in [6.07, 6.45) is 3.70. The van der Waals surface area contributed by atoms with Crippen molar-refractivity contribution in [1.29, 1.82) is 0 Å². The number of hydrogen-bond donors (Lipinski definition) is 2. The van der Waals surface area contributed by atoms with Gasteiger partial charge in [0.05, 0.1) is 17.4 Å². The molecule has 3 aromatic rings. The Bertz CT molecular complexity index is 903. The van der Waals surface area contributed by atoms with E-state index in [0.717, 1.165) is 42.6 Å². The molecule has 0 spiro atoms. The van der Waals surface area contributed by atoms with Crippen LogP contribution in [0.4, 0.5) is 11.4 Å². The van der Waals surface area contributed by atoms with Gasteiger partial charge < -0.3 is 15.4 Å². The van der Waals surface area contributed by atoms with Gasteiger partial charge in [-0.25, -0.2) is 0 Å². The minimum absolute atomic E-state index is 0.139. The van der Waals surface area contributed by atoms with Crippen molar-refractivity contribution in [2.45, 2.75) is 18.9 Å². The highest BCUT2D eigenvalue weighted by Crippen LogP contribution is 2.19. The molecular weight excluding hydrogens is 326 g/mol. The van der Waals surface area contributed by atoms with E-state index in [9.17, 15) is 4.79 Å². The minimum atomic E-state index is -0.139. The highest BCUT2D eigenvalue weighted by Gasteiger charge is 2.13. The Labute approximate surface area is 152 Å². The van der Waals surface area contributed by atoms with Gasteiger partial charge in [0.1, 0.15) is 0 Å². The first-order valence-electron chi connectivity index (χ1n) is 8.88. The van der Waals surface area contributed by atoms with Crippen LogP contribution in [0.5, 0.6) is 0 Å². The van der Waals surface area contributed by atoms with Crippen LogP contribution in [0.2, 0.25) is 0 Å². The first kappa shape index (κ1) is 16.5. The molecule has 1 fully saturated rings. The molecule has 5 heteroatoms. The highest BCUT2D eigenvalue weighted by molar-refractivity contribution is 6.05. The fourth-order valence-electron chi connectivity index (χ4n) is 3.14. The Kier molecular flexibility index (Phi) is 4.80. The molecule has 0 atom stereocenters. The standard InChI is InChI=1S/C21H21N3O2/c25-21(24-19-13-16-3-1-2-4-20(16)22-14-19)15-5-7-17(8-6-15)23-18-9-11-26-12-10-18/h1-8,13-14,18,23H,9-12H2,(H,24,25). The Hall–Kier alpha value is -2.92. The lowest BCUT2D eigenvalue weighted by Gasteiger charge is -2.24. The summed E-state index contributed by atoms with van der Waals surface area (Å²) in [7, 11) is 0. The summed E-state index contributed by atoms with van der Waals surface area (Å²) < 4.78 is 5.37. The molecule has 0 aliphatic carbocycles. The third-order valence-corrected chi connectivity index (χ3v) is 4.59. The fourth-order valence-corrected chi connectivity index (χ4v) is 3.14. The quantitative estimate of drug-likeness (QED) is 0.746. The number of anilines is 2. The van der Waals surface area contributed by atoms with E-state index in [0.29, 0.717) is 17.3 Å². The van der Waals surface area contributed by atoms with Crippen LogP contribution in [0.3, 0.4) is 0 Å². The number of amides is 1. The van der Waals surface area contributed by atoms with Crippen molar-refractivity contribution < 1.29 is 9.53 Å². The third-order valence-electron chi connectivity index (χ3n) is 4.59. The van der Waals surface area contributed by atoms with Gasteiger partial charge in [-0.2, -0.15) is 0 Å². The second-order valence-corrected chi connectivity index (χ2v) is 6.48. The number of pyridine rings is 1. The van der Waals surface area contributed by atoms with Gasteiger partial charge in [0.2, 0.25) is 0 Å². The number of nitrogens with one attached hydrogen (secondary N) is 2. The number of hydrogen-bond acceptors (Lipinski definition) is 4. The number of aromatic nitrogens is 1. The molecule has 1 aliphatic heterocycles. The van der Waals surface area contributed by atoms with Crippen LogP contribution in [-0.4, -0.2) is 30.1 Å². The van der Waals surface area contributed by atoms with Gasteiger partial charge in [-0.3, -0.25) is 9.78 Å². The molecule has 1 saturated heterocycles. The number of nitrogens with zero attached hydrogens (tertiary/aromatic N) is 1. The largest absolute Gasteiger partial charge is 0.382 e. The fraction of sp³-hybridized carbons (Fsp3) is 0.238. The van der Waals surface area contributed by atoms with Gasteiger partial charge >= 0.3 is 0 Å². The summed E-state index contributed by atoms with van der Waals surface area (Å²) in [4.78, 5) is 16.8. The van der Waals surface area contributed by atoms with Gasteiger partial charge in [0.15, 0.2) is 0 Å². The van der Waals surface area contributed by atoms with Crippen molar-refractivity contribution in [1.82, 2.24) is 4.98 Å². The Balaban J connectivity index is 1.42. The molecule has 2 heterocycles. The molecule has 1 aliphatic rings. The first-order chi connectivity index (χ1) is 12.8. The summed E-state index contributed by atoms with van der Waals surface area (Å²) in [5.41, 5.74) is 3.25. The summed E-state index contributed by atoms with van der Waals surface area (Å²) in [6.45, 7) is 1.61. The van der Waals surface area contributed by atoms with Crippen LogP contribution in [-0.2, 0) is 4.74 Å². The SMILES string of the molecule is O=C(Nc1cnc2ccccc2c1)c1ccc(NC2CCOCC2)cc1. The van der Waals surface area contributed by atoms with E-state index in [-0.39, 0.29) is 5.91 Å². The molecule has 0 unspecified atom stereocenters. The normalized spacial score (nSPS) is 14.9. The van der Waals surface area contributed by atoms with E-state index >= 15 is 0 Å². The summed E-state index contributed by atoms with van der Waals surface area (Å²) in [6, 6.07) is 17.8. The monoisotopic (exact) mass is 347 g/mol.